The first-order chi connectivity index (χ1) is 24.9. The summed E-state index contributed by atoms with van der Waals surface area (Å²) in [5.74, 6) is 2.25. The van der Waals surface area contributed by atoms with Crippen LogP contribution in [0.15, 0.2) is 46.2 Å². The smallest absolute Gasteiger partial charge is 0.768 e. The third-order valence-electron chi connectivity index (χ3n) is 7.60. The van der Waals surface area contributed by atoms with Gasteiger partial charge in [-0.15, -0.1) is 0 Å². The number of hydrogen-bond acceptors (Lipinski definition) is 20. The van der Waals surface area contributed by atoms with Crippen LogP contribution in [-0.4, -0.2) is 105 Å². The van der Waals surface area contributed by atoms with Crippen molar-refractivity contribution in [3.63, 3.8) is 0 Å². The number of nitrogens with zero attached hydrogens (tertiary/aromatic N) is 8. The summed E-state index contributed by atoms with van der Waals surface area (Å²) in [5, 5.41) is 26.5. The van der Waals surface area contributed by atoms with Crippen LogP contribution in [0.2, 0.25) is 0 Å². The van der Waals surface area contributed by atoms with E-state index in [-0.39, 0.29) is 70.0 Å². The molecule has 2 aliphatic rings. The maximum absolute atomic E-state index is 12.4. The van der Waals surface area contributed by atoms with E-state index in [4.69, 9.17) is 9.47 Å². The quantitative estimate of drug-likeness (QED) is 0.0238. The van der Waals surface area contributed by atoms with Crippen LogP contribution in [0.25, 0.3) is 12.2 Å². The molecule has 19 nitrogen and oxygen atoms in total. The van der Waals surface area contributed by atoms with Crippen LogP contribution in [0.1, 0.15) is 11.1 Å². The standard InChI is InChI=1S/C30H36N12O7S2.2Na/c1-31-25-35-27(39-29(37-25)41-9-13-46-14-10-41)33-21-7-5-19(23(17-21)50-49-48-43)3-4-20-6-8-22(18-24(20)51(44)45)34-28-36-26(32-2)38-30(40-28)42-11-15-47-16-12-42;;/h3-8,17-18,43H,9-16H2,1-2H3,(H,44,45)(H2,31,33,35,37,39)(H2,32,34,36,38,40);;/q;2*+1/p-2. The molecule has 2 aromatic heterocycles. The van der Waals surface area contributed by atoms with Gasteiger partial charge in [0.15, 0.2) is 0 Å². The van der Waals surface area contributed by atoms with Crippen molar-refractivity contribution in [3.8, 4) is 0 Å². The van der Waals surface area contributed by atoms with Gasteiger partial charge in [0.1, 0.15) is 0 Å². The third-order valence-corrected chi connectivity index (χ3v) is 8.96. The Balaban J connectivity index is 0.00000314. The van der Waals surface area contributed by atoms with Crippen LogP contribution in [0, 0.1) is 0 Å². The fraction of sp³-hybridized carbons (Fsp3) is 0.333. The number of ether oxygens (including phenoxy) is 2. The van der Waals surface area contributed by atoms with Crippen molar-refractivity contribution in [2.24, 2.45) is 0 Å². The van der Waals surface area contributed by atoms with Crippen molar-refractivity contribution in [1.29, 1.82) is 0 Å². The van der Waals surface area contributed by atoms with Crippen molar-refractivity contribution in [1.82, 2.24) is 29.9 Å². The second-order valence-corrected chi connectivity index (χ2v) is 12.5. The van der Waals surface area contributed by atoms with Gasteiger partial charge in [0.05, 0.1) is 38.5 Å². The molecule has 2 saturated heterocycles. The van der Waals surface area contributed by atoms with Gasteiger partial charge in [-0.3, -0.25) is 9.25 Å². The van der Waals surface area contributed by atoms with E-state index in [1.54, 1.807) is 56.6 Å². The van der Waals surface area contributed by atoms with Gasteiger partial charge in [0.2, 0.25) is 35.7 Å². The Bertz CT molecular complexity index is 1870. The number of hydrogen-bond donors (Lipinski definition) is 4. The van der Waals surface area contributed by atoms with Gasteiger partial charge in [-0.1, -0.05) is 24.3 Å². The third kappa shape index (κ3) is 11.9. The molecule has 4 N–H and O–H groups in total. The molecular formula is C30H34N12Na2O7S2. The Labute approximate surface area is 356 Å². The molecule has 2 aromatic carbocycles. The first-order valence-corrected chi connectivity index (χ1v) is 17.5. The number of nitrogens with one attached hydrogen (secondary N) is 4. The van der Waals surface area contributed by atoms with E-state index in [2.05, 4.69) is 60.5 Å². The molecule has 53 heavy (non-hydrogen) atoms. The van der Waals surface area contributed by atoms with E-state index in [1.165, 1.54) is 6.07 Å². The number of aromatic nitrogens is 6. The van der Waals surface area contributed by atoms with Crippen LogP contribution >= 0.6 is 12.0 Å². The van der Waals surface area contributed by atoms with Crippen LogP contribution < -0.4 is 95.4 Å². The van der Waals surface area contributed by atoms with E-state index in [0.717, 1.165) is 0 Å². The fourth-order valence-electron chi connectivity index (χ4n) is 5.08. The van der Waals surface area contributed by atoms with Crippen LogP contribution in [-0.2, 0) is 29.9 Å². The summed E-state index contributed by atoms with van der Waals surface area (Å²) in [6, 6.07) is 10.1. The molecule has 0 spiro atoms. The maximum Gasteiger partial charge on any atom is 1.00 e. The number of benzene rings is 2. The minimum Gasteiger partial charge on any atom is -0.768 e. The zero-order chi connectivity index (χ0) is 35.6. The fourth-order valence-corrected chi connectivity index (χ4v) is 6.14. The molecule has 0 radical (unpaired) electrons. The average molecular weight is 785 g/mol. The normalized spacial score (nSPS) is 14.9. The molecule has 2 aliphatic heterocycles. The SMILES string of the molecule is CNc1nc(Nc2ccc(C=Cc3ccc(Nc4nc(NC)nc(N5CCOCC5)n4)cc3S(=O)[O-])c(SOO[O-])c2)nc(N2CCOCC2)n1.[Na+].[Na+]. The predicted octanol–water partition coefficient (Wildman–Crippen LogP) is -4.05. The predicted molar refractivity (Wildman–Crippen MR) is 188 cm³/mol. The molecular weight excluding hydrogens is 751 g/mol. The van der Waals surface area contributed by atoms with Crippen molar-refractivity contribution in [2.75, 3.05) is 97.8 Å². The second kappa shape index (κ2) is 21.4. The molecule has 1 atom stereocenters. The topological polar surface area (TPSA) is 232 Å². The minimum atomic E-state index is -2.59. The molecule has 0 aliphatic carbocycles. The van der Waals surface area contributed by atoms with Crippen LogP contribution in [0.4, 0.5) is 47.1 Å². The molecule has 23 heteroatoms. The molecule has 4 aromatic rings. The molecule has 1 unspecified atom stereocenters. The largest absolute Gasteiger partial charge is 1.00 e. The van der Waals surface area contributed by atoms with Gasteiger partial charge >= 0.3 is 59.1 Å². The summed E-state index contributed by atoms with van der Waals surface area (Å²) >= 11 is -1.90. The van der Waals surface area contributed by atoms with Crippen LogP contribution in [0.3, 0.4) is 0 Å². The van der Waals surface area contributed by atoms with Crippen molar-refractivity contribution < 1.29 is 92.0 Å². The van der Waals surface area contributed by atoms with Gasteiger partial charge in [-0.2, -0.15) is 34.2 Å². The van der Waals surface area contributed by atoms with Crippen molar-refractivity contribution >= 4 is 82.3 Å². The molecule has 6 rings (SSSR count). The van der Waals surface area contributed by atoms with Crippen LogP contribution in [0.5, 0.6) is 0 Å². The molecule has 270 valence electrons. The second-order valence-electron chi connectivity index (χ2n) is 10.8. The zero-order valence-electron chi connectivity index (χ0n) is 29.5. The monoisotopic (exact) mass is 784 g/mol. The Kier molecular flexibility index (Phi) is 17.3. The van der Waals surface area contributed by atoms with Crippen molar-refractivity contribution in [3.05, 3.63) is 47.5 Å². The first kappa shape index (κ1) is 43.0. The molecule has 4 heterocycles. The minimum absolute atomic E-state index is 0. The summed E-state index contributed by atoms with van der Waals surface area (Å²) in [4.78, 5) is 31.3. The summed E-state index contributed by atoms with van der Waals surface area (Å²) < 4.78 is 40.2. The summed E-state index contributed by atoms with van der Waals surface area (Å²) in [5.41, 5.74) is 2.05. The van der Waals surface area contributed by atoms with Gasteiger partial charge in [0, 0.05) is 61.4 Å². The number of anilines is 8. The first-order valence-electron chi connectivity index (χ1n) is 15.7. The van der Waals surface area contributed by atoms with E-state index in [1.807, 2.05) is 9.80 Å². The van der Waals surface area contributed by atoms with Gasteiger partial charge < -0.3 is 50.4 Å². The maximum atomic E-state index is 12.4. The Morgan fingerprint density at radius 1 is 0.736 bits per heavy atom. The summed E-state index contributed by atoms with van der Waals surface area (Å²) in [6.07, 6.45) is 3.33. The summed E-state index contributed by atoms with van der Waals surface area (Å²) in [7, 11) is 3.42. The molecule has 0 saturated carbocycles. The van der Waals surface area contributed by atoms with Gasteiger partial charge in [-0.25, -0.2) is 0 Å². The average Bonchev–Trinajstić information content (AvgIpc) is 3.17. The van der Waals surface area contributed by atoms with E-state index < -0.39 is 11.1 Å². The Morgan fingerprint density at radius 2 is 1.21 bits per heavy atom. The Morgan fingerprint density at radius 3 is 1.70 bits per heavy atom. The molecule has 2 fully saturated rings. The molecule has 0 amide bonds. The van der Waals surface area contributed by atoms with Crippen molar-refractivity contribution in [2.45, 2.75) is 9.79 Å². The zero-order valence-corrected chi connectivity index (χ0v) is 35.2. The van der Waals surface area contributed by atoms with E-state index in [9.17, 15) is 14.0 Å². The van der Waals surface area contributed by atoms with E-state index >= 15 is 0 Å². The van der Waals surface area contributed by atoms with Gasteiger partial charge in [0.25, 0.3) is 0 Å². The molecule has 0 bridgehead atoms. The number of morpholine rings is 2. The van der Waals surface area contributed by atoms with Gasteiger partial charge in [-0.05, 0) is 46.5 Å². The van der Waals surface area contributed by atoms with E-state index in [0.29, 0.717) is 122 Å². The summed E-state index contributed by atoms with van der Waals surface area (Å²) in [6.45, 7) is 4.83. The Hall–Kier alpha value is -2.74. The number of rotatable bonds is 14.